The van der Waals surface area contributed by atoms with E-state index in [1.54, 1.807) is 0 Å². The maximum absolute atomic E-state index is 12.7. The minimum Gasteiger partial charge on any atom is -0.465 e. The maximum atomic E-state index is 12.7. The van der Waals surface area contributed by atoms with Crippen LogP contribution in [0.1, 0.15) is 43.1 Å². The summed E-state index contributed by atoms with van der Waals surface area (Å²) in [5.41, 5.74) is 0.940. The number of hydrogen-bond donors (Lipinski definition) is 1. The molecule has 7 heteroatoms. The fourth-order valence-corrected chi connectivity index (χ4v) is 4.55. The molecule has 146 valence electrons. The van der Waals surface area contributed by atoms with E-state index in [0.29, 0.717) is 6.42 Å². The van der Waals surface area contributed by atoms with Crippen molar-refractivity contribution in [1.82, 2.24) is 4.72 Å². The van der Waals surface area contributed by atoms with Crippen LogP contribution < -0.4 is 4.72 Å². The Morgan fingerprint density at radius 3 is 2.41 bits per heavy atom. The molecule has 1 unspecified atom stereocenters. The fourth-order valence-electron chi connectivity index (χ4n) is 3.09. The normalized spacial score (nSPS) is 13.2. The molecule has 5 nitrogen and oxygen atoms in total. The van der Waals surface area contributed by atoms with Crippen LogP contribution in [0.5, 0.6) is 0 Å². The second-order valence-corrected chi connectivity index (χ2v) is 9.23. The van der Waals surface area contributed by atoms with Crippen molar-refractivity contribution in [2.24, 2.45) is 0 Å². The minimum atomic E-state index is -3.81. The van der Waals surface area contributed by atoms with Gasteiger partial charge in [0, 0.05) is 6.04 Å². The molecule has 1 N–H and O–H groups in total. The summed E-state index contributed by atoms with van der Waals surface area (Å²) in [6.07, 6.45) is 0.605. The molecule has 2 aromatic rings. The summed E-state index contributed by atoms with van der Waals surface area (Å²) < 4.78 is 32.8. The zero-order valence-electron chi connectivity index (χ0n) is 15.8. The van der Waals surface area contributed by atoms with Gasteiger partial charge in [0.15, 0.2) is 0 Å². The SMILES string of the molecule is COC(=O)c1cc(S(=O)(=O)NC(C)CC(C)(C)c2ccccc2)ccc1Cl. The van der Waals surface area contributed by atoms with Crippen molar-refractivity contribution in [3.8, 4) is 0 Å². The maximum Gasteiger partial charge on any atom is 0.339 e. The van der Waals surface area contributed by atoms with Crippen molar-refractivity contribution in [3.63, 3.8) is 0 Å². The molecule has 0 spiro atoms. The Balaban J connectivity index is 2.20. The molecule has 0 aliphatic rings. The Kier molecular flexibility index (Phi) is 6.68. The molecule has 0 saturated carbocycles. The molecule has 0 bridgehead atoms. The molecule has 0 aromatic heterocycles. The van der Waals surface area contributed by atoms with Crippen LogP contribution in [0.25, 0.3) is 0 Å². The van der Waals surface area contributed by atoms with Crippen LogP contribution in [0.2, 0.25) is 5.02 Å². The standard InChI is InChI=1S/C20H24ClNO4S/c1-14(13-20(2,3)15-8-6-5-7-9-15)22-27(24,25)16-10-11-18(21)17(12-16)19(23)26-4/h5-12,14,22H,13H2,1-4H3. The average molecular weight is 410 g/mol. The van der Waals surface area contributed by atoms with Gasteiger partial charge in [-0.2, -0.15) is 0 Å². The van der Waals surface area contributed by atoms with Gasteiger partial charge in [-0.1, -0.05) is 55.8 Å². The molecule has 0 radical (unpaired) electrons. The van der Waals surface area contributed by atoms with E-state index in [1.165, 1.54) is 25.3 Å². The highest BCUT2D eigenvalue weighted by molar-refractivity contribution is 7.89. The van der Waals surface area contributed by atoms with Gasteiger partial charge >= 0.3 is 5.97 Å². The van der Waals surface area contributed by atoms with E-state index in [4.69, 9.17) is 11.6 Å². The Bertz CT molecular complexity index is 911. The molecule has 27 heavy (non-hydrogen) atoms. The molecule has 0 aliphatic carbocycles. The predicted molar refractivity (Wildman–Crippen MR) is 107 cm³/mol. The van der Waals surface area contributed by atoms with Crippen LogP contribution in [0.3, 0.4) is 0 Å². The van der Waals surface area contributed by atoms with E-state index < -0.39 is 16.0 Å². The van der Waals surface area contributed by atoms with Gasteiger partial charge in [0.1, 0.15) is 0 Å². The molecule has 0 amide bonds. The van der Waals surface area contributed by atoms with Crippen molar-refractivity contribution in [1.29, 1.82) is 0 Å². The number of rotatable bonds is 7. The summed E-state index contributed by atoms with van der Waals surface area (Å²) in [6.45, 7) is 5.97. The lowest BCUT2D eigenvalue weighted by molar-refractivity contribution is 0.0600. The number of nitrogens with one attached hydrogen (secondary N) is 1. The monoisotopic (exact) mass is 409 g/mol. The molecular weight excluding hydrogens is 386 g/mol. The highest BCUT2D eigenvalue weighted by Crippen LogP contribution is 2.29. The van der Waals surface area contributed by atoms with E-state index in [0.717, 1.165) is 5.56 Å². The largest absolute Gasteiger partial charge is 0.465 e. The molecule has 0 heterocycles. The second kappa shape index (κ2) is 8.42. The summed E-state index contributed by atoms with van der Waals surface area (Å²) in [7, 11) is -2.60. The van der Waals surface area contributed by atoms with Crippen molar-refractivity contribution in [3.05, 3.63) is 64.7 Å². The number of carbonyl (C=O) groups excluding carboxylic acids is 1. The van der Waals surface area contributed by atoms with Crippen LogP contribution in [0, 0.1) is 0 Å². The first-order valence-corrected chi connectivity index (χ1v) is 10.4. The second-order valence-electron chi connectivity index (χ2n) is 7.11. The van der Waals surface area contributed by atoms with Gasteiger partial charge in [-0.05, 0) is 42.5 Å². The minimum absolute atomic E-state index is 0.0133. The highest BCUT2D eigenvalue weighted by atomic mass is 35.5. The molecular formula is C20H24ClNO4S. The van der Waals surface area contributed by atoms with Crippen molar-refractivity contribution in [2.75, 3.05) is 7.11 Å². The van der Waals surface area contributed by atoms with Gasteiger partial charge in [0.05, 0.1) is 22.6 Å². The summed E-state index contributed by atoms with van der Waals surface area (Å²) in [5.74, 6) is -0.685. The lowest BCUT2D eigenvalue weighted by Crippen LogP contribution is -2.37. The van der Waals surface area contributed by atoms with Crippen molar-refractivity contribution in [2.45, 2.75) is 43.5 Å². The van der Waals surface area contributed by atoms with E-state index in [-0.39, 0.29) is 26.9 Å². The van der Waals surface area contributed by atoms with Gasteiger partial charge in [0.25, 0.3) is 0 Å². The average Bonchev–Trinajstić information content (AvgIpc) is 2.61. The van der Waals surface area contributed by atoms with Crippen LogP contribution in [0.15, 0.2) is 53.4 Å². The van der Waals surface area contributed by atoms with E-state index >= 15 is 0 Å². The third-order valence-corrected chi connectivity index (χ3v) is 6.30. The fraction of sp³-hybridized carbons (Fsp3) is 0.350. The first kappa shape index (κ1) is 21.4. The molecule has 1 atom stereocenters. The third kappa shape index (κ3) is 5.31. The number of methoxy groups -OCH3 is 1. The first-order valence-electron chi connectivity index (χ1n) is 8.52. The smallest absolute Gasteiger partial charge is 0.339 e. The lowest BCUT2D eigenvalue weighted by Gasteiger charge is -2.29. The Morgan fingerprint density at radius 2 is 1.81 bits per heavy atom. The summed E-state index contributed by atoms with van der Waals surface area (Å²) in [4.78, 5) is 11.7. The third-order valence-electron chi connectivity index (χ3n) is 4.38. The zero-order chi connectivity index (χ0) is 20.2. The van der Waals surface area contributed by atoms with Gasteiger partial charge in [-0.3, -0.25) is 0 Å². The van der Waals surface area contributed by atoms with E-state index in [9.17, 15) is 13.2 Å². The highest BCUT2D eigenvalue weighted by Gasteiger charge is 2.27. The Labute approximate surface area is 165 Å². The van der Waals surface area contributed by atoms with Crippen LogP contribution in [0.4, 0.5) is 0 Å². The summed E-state index contributed by atoms with van der Waals surface area (Å²) in [5, 5.41) is 0.138. The number of hydrogen-bond acceptors (Lipinski definition) is 4. The first-order chi connectivity index (χ1) is 12.6. The summed E-state index contributed by atoms with van der Waals surface area (Å²) >= 11 is 5.96. The number of halogens is 1. The van der Waals surface area contributed by atoms with E-state index in [1.807, 2.05) is 37.3 Å². The van der Waals surface area contributed by atoms with Crippen LogP contribution >= 0.6 is 11.6 Å². The van der Waals surface area contributed by atoms with Gasteiger partial charge in [0.2, 0.25) is 10.0 Å². The van der Waals surface area contributed by atoms with Crippen molar-refractivity contribution < 1.29 is 17.9 Å². The molecule has 0 fully saturated rings. The lowest BCUT2D eigenvalue weighted by atomic mass is 9.79. The number of benzene rings is 2. The van der Waals surface area contributed by atoms with Crippen molar-refractivity contribution >= 4 is 27.6 Å². The van der Waals surface area contributed by atoms with E-state index in [2.05, 4.69) is 23.3 Å². The topological polar surface area (TPSA) is 72.5 Å². The Morgan fingerprint density at radius 1 is 1.19 bits per heavy atom. The predicted octanol–water partition coefficient (Wildman–Crippen LogP) is 4.16. The van der Waals surface area contributed by atoms with Gasteiger partial charge in [-0.25, -0.2) is 17.9 Å². The molecule has 2 rings (SSSR count). The van der Waals surface area contributed by atoms with Gasteiger partial charge < -0.3 is 4.74 Å². The number of sulfonamides is 1. The quantitative estimate of drug-likeness (QED) is 0.697. The Hall–Kier alpha value is -1.89. The molecule has 2 aromatic carbocycles. The number of ether oxygens (including phenoxy) is 1. The zero-order valence-corrected chi connectivity index (χ0v) is 17.4. The summed E-state index contributed by atoms with van der Waals surface area (Å²) in [6, 6.07) is 13.6. The molecule has 0 saturated heterocycles. The van der Waals surface area contributed by atoms with Crippen LogP contribution in [-0.4, -0.2) is 27.5 Å². The number of carbonyl (C=O) groups is 1. The number of esters is 1. The van der Waals surface area contributed by atoms with Crippen LogP contribution in [-0.2, 0) is 20.2 Å². The van der Waals surface area contributed by atoms with Gasteiger partial charge in [-0.15, -0.1) is 0 Å². The molecule has 0 aliphatic heterocycles.